The molecule has 2 aromatic heterocycles. The number of aromatic amines is 1. The SMILES string of the molecule is Cc1cc(NC(=O)c2csc(-c3ccccc3)n2)n[nH]1. The number of amides is 1. The Hall–Kier alpha value is -2.47. The van der Waals surface area contributed by atoms with Crippen LogP contribution in [0.2, 0.25) is 0 Å². The van der Waals surface area contributed by atoms with Gasteiger partial charge in [0.25, 0.3) is 5.91 Å². The van der Waals surface area contributed by atoms with Gasteiger partial charge < -0.3 is 5.32 Å². The Morgan fingerprint density at radius 3 is 2.80 bits per heavy atom. The Bertz CT molecular complexity index is 732. The smallest absolute Gasteiger partial charge is 0.276 e. The zero-order valence-electron chi connectivity index (χ0n) is 10.8. The number of aromatic nitrogens is 3. The third-order valence-corrected chi connectivity index (χ3v) is 3.60. The minimum Gasteiger partial charge on any atom is -0.304 e. The number of benzene rings is 1. The van der Waals surface area contributed by atoms with E-state index in [0.29, 0.717) is 11.5 Å². The van der Waals surface area contributed by atoms with Crippen molar-refractivity contribution in [2.75, 3.05) is 5.32 Å². The van der Waals surface area contributed by atoms with Gasteiger partial charge >= 0.3 is 0 Å². The van der Waals surface area contributed by atoms with Crippen molar-refractivity contribution in [2.24, 2.45) is 0 Å². The van der Waals surface area contributed by atoms with E-state index in [0.717, 1.165) is 16.3 Å². The monoisotopic (exact) mass is 284 g/mol. The predicted molar refractivity (Wildman–Crippen MR) is 78.8 cm³/mol. The van der Waals surface area contributed by atoms with Crippen LogP contribution in [0.15, 0.2) is 41.8 Å². The van der Waals surface area contributed by atoms with Crippen LogP contribution in [0.25, 0.3) is 10.6 Å². The van der Waals surface area contributed by atoms with Gasteiger partial charge in [-0.3, -0.25) is 9.89 Å². The van der Waals surface area contributed by atoms with Gasteiger partial charge in [0.1, 0.15) is 10.7 Å². The molecule has 0 aliphatic carbocycles. The molecule has 20 heavy (non-hydrogen) atoms. The second-order valence-corrected chi connectivity index (χ2v) is 5.15. The van der Waals surface area contributed by atoms with Crippen LogP contribution >= 0.6 is 11.3 Å². The van der Waals surface area contributed by atoms with Crippen molar-refractivity contribution in [3.63, 3.8) is 0 Å². The van der Waals surface area contributed by atoms with E-state index in [-0.39, 0.29) is 5.91 Å². The number of nitrogens with one attached hydrogen (secondary N) is 2. The van der Waals surface area contributed by atoms with E-state index >= 15 is 0 Å². The number of nitrogens with zero attached hydrogens (tertiary/aromatic N) is 2. The van der Waals surface area contributed by atoms with Crippen LogP contribution in [0.5, 0.6) is 0 Å². The van der Waals surface area contributed by atoms with Crippen molar-refractivity contribution in [1.82, 2.24) is 15.2 Å². The molecule has 0 fully saturated rings. The average Bonchev–Trinajstić information content (AvgIpc) is 3.09. The number of hydrogen-bond donors (Lipinski definition) is 2. The highest BCUT2D eigenvalue weighted by Gasteiger charge is 2.12. The molecule has 2 heterocycles. The zero-order valence-corrected chi connectivity index (χ0v) is 11.6. The molecule has 6 heteroatoms. The molecule has 0 aliphatic rings. The number of rotatable bonds is 3. The van der Waals surface area contributed by atoms with E-state index < -0.39 is 0 Å². The number of hydrogen-bond acceptors (Lipinski definition) is 4. The van der Waals surface area contributed by atoms with Crippen molar-refractivity contribution >= 4 is 23.1 Å². The molecule has 1 aromatic carbocycles. The molecule has 5 nitrogen and oxygen atoms in total. The Morgan fingerprint density at radius 2 is 2.10 bits per heavy atom. The van der Waals surface area contributed by atoms with Gasteiger partial charge in [0, 0.05) is 22.7 Å². The fourth-order valence-electron chi connectivity index (χ4n) is 1.75. The van der Waals surface area contributed by atoms with E-state index in [1.165, 1.54) is 11.3 Å². The van der Waals surface area contributed by atoms with Crippen molar-refractivity contribution in [3.05, 3.63) is 53.2 Å². The Kier molecular flexibility index (Phi) is 3.30. The summed E-state index contributed by atoms with van der Waals surface area (Å²) in [6.45, 7) is 1.87. The number of anilines is 1. The maximum absolute atomic E-state index is 12.0. The van der Waals surface area contributed by atoms with Crippen molar-refractivity contribution < 1.29 is 4.79 Å². The number of thiazole rings is 1. The summed E-state index contributed by atoms with van der Waals surface area (Å²) in [5, 5.41) is 12.0. The third kappa shape index (κ3) is 2.60. The first-order chi connectivity index (χ1) is 9.72. The molecule has 0 unspecified atom stereocenters. The number of carbonyl (C=O) groups excluding carboxylic acids is 1. The molecule has 0 spiro atoms. The lowest BCUT2D eigenvalue weighted by Gasteiger charge is -1.97. The van der Waals surface area contributed by atoms with Crippen LogP contribution < -0.4 is 5.32 Å². The third-order valence-electron chi connectivity index (χ3n) is 2.71. The number of carbonyl (C=O) groups is 1. The molecule has 0 saturated carbocycles. The number of aryl methyl sites for hydroxylation is 1. The summed E-state index contributed by atoms with van der Waals surface area (Å²) in [6, 6.07) is 11.5. The van der Waals surface area contributed by atoms with Crippen LogP contribution in [0.3, 0.4) is 0 Å². The standard InChI is InChI=1S/C14H12N4OS/c1-9-7-12(18-17-9)16-13(19)11-8-20-14(15-11)10-5-3-2-4-6-10/h2-8H,1H3,(H2,16,17,18,19). The molecule has 0 radical (unpaired) electrons. The molecule has 0 bridgehead atoms. The van der Waals surface area contributed by atoms with Gasteiger partial charge in [-0.05, 0) is 6.92 Å². The minimum atomic E-state index is -0.255. The van der Waals surface area contributed by atoms with Crippen LogP contribution in [-0.2, 0) is 0 Å². The maximum atomic E-state index is 12.0. The highest BCUT2D eigenvalue weighted by molar-refractivity contribution is 7.13. The predicted octanol–water partition coefficient (Wildman–Crippen LogP) is 3.09. The summed E-state index contributed by atoms with van der Waals surface area (Å²) in [5.41, 5.74) is 2.30. The molecule has 3 rings (SSSR count). The Labute approximate surface area is 119 Å². The number of H-pyrrole nitrogens is 1. The lowest BCUT2D eigenvalue weighted by atomic mass is 10.2. The van der Waals surface area contributed by atoms with Gasteiger partial charge in [-0.2, -0.15) is 5.10 Å². The second-order valence-electron chi connectivity index (χ2n) is 4.29. The summed E-state index contributed by atoms with van der Waals surface area (Å²) in [5.74, 6) is 0.247. The Morgan fingerprint density at radius 1 is 1.30 bits per heavy atom. The lowest BCUT2D eigenvalue weighted by Crippen LogP contribution is -2.12. The van der Waals surface area contributed by atoms with Crippen molar-refractivity contribution in [1.29, 1.82) is 0 Å². The second kappa shape index (κ2) is 5.26. The topological polar surface area (TPSA) is 70.7 Å². The van der Waals surface area contributed by atoms with Crippen LogP contribution in [0, 0.1) is 6.92 Å². The van der Waals surface area contributed by atoms with E-state index in [1.807, 2.05) is 37.3 Å². The molecule has 0 aliphatic heterocycles. The molecular formula is C14H12N4OS. The molecular weight excluding hydrogens is 272 g/mol. The lowest BCUT2D eigenvalue weighted by molar-refractivity contribution is 0.102. The van der Waals surface area contributed by atoms with Crippen molar-refractivity contribution in [3.8, 4) is 10.6 Å². The molecule has 1 amide bonds. The zero-order chi connectivity index (χ0) is 13.9. The first kappa shape index (κ1) is 12.6. The largest absolute Gasteiger partial charge is 0.304 e. The van der Waals surface area contributed by atoms with E-state index in [2.05, 4.69) is 20.5 Å². The van der Waals surface area contributed by atoms with Gasteiger partial charge in [-0.1, -0.05) is 30.3 Å². The van der Waals surface area contributed by atoms with E-state index in [4.69, 9.17) is 0 Å². The highest BCUT2D eigenvalue weighted by Crippen LogP contribution is 2.23. The first-order valence-corrected chi connectivity index (χ1v) is 6.94. The summed E-state index contributed by atoms with van der Waals surface area (Å²) < 4.78 is 0. The Balaban J connectivity index is 1.78. The molecule has 100 valence electrons. The quantitative estimate of drug-likeness (QED) is 0.776. The normalized spacial score (nSPS) is 10.4. The van der Waals surface area contributed by atoms with E-state index in [9.17, 15) is 4.79 Å². The van der Waals surface area contributed by atoms with E-state index in [1.54, 1.807) is 11.4 Å². The first-order valence-electron chi connectivity index (χ1n) is 6.07. The maximum Gasteiger partial charge on any atom is 0.276 e. The average molecular weight is 284 g/mol. The highest BCUT2D eigenvalue weighted by atomic mass is 32.1. The minimum absolute atomic E-state index is 0.255. The van der Waals surface area contributed by atoms with Gasteiger partial charge in [0.05, 0.1) is 0 Å². The molecule has 2 N–H and O–H groups in total. The van der Waals surface area contributed by atoms with Gasteiger partial charge in [0.2, 0.25) is 0 Å². The molecule has 0 saturated heterocycles. The summed E-state index contributed by atoms with van der Waals surface area (Å²) >= 11 is 1.45. The van der Waals surface area contributed by atoms with Crippen molar-refractivity contribution in [2.45, 2.75) is 6.92 Å². The molecule has 3 aromatic rings. The van der Waals surface area contributed by atoms with Crippen LogP contribution in [0.4, 0.5) is 5.82 Å². The van der Waals surface area contributed by atoms with Crippen LogP contribution in [-0.4, -0.2) is 21.1 Å². The summed E-state index contributed by atoms with van der Waals surface area (Å²) in [4.78, 5) is 16.4. The van der Waals surface area contributed by atoms with Gasteiger partial charge in [-0.15, -0.1) is 11.3 Å². The van der Waals surface area contributed by atoms with Gasteiger partial charge in [-0.25, -0.2) is 4.98 Å². The van der Waals surface area contributed by atoms with Gasteiger partial charge in [0.15, 0.2) is 5.82 Å². The summed E-state index contributed by atoms with van der Waals surface area (Å²) in [7, 11) is 0. The fourth-order valence-corrected chi connectivity index (χ4v) is 2.56. The van der Waals surface area contributed by atoms with Crippen LogP contribution in [0.1, 0.15) is 16.2 Å². The fraction of sp³-hybridized carbons (Fsp3) is 0.0714. The summed E-state index contributed by atoms with van der Waals surface area (Å²) in [6.07, 6.45) is 0. The molecule has 0 atom stereocenters.